The van der Waals surface area contributed by atoms with Gasteiger partial charge in [-0.15, -0.1) is 0 Å². The van der Waals surface area contributed by atoms with E-state index < -0.39 is 15.0 Å². The average Bonchev–Trinajstić information content (AvgIpc) is 2.38. The molecule has 0 spiro atoms. The molecule has 2 aromatic carbocycles. The van der Waals surface area contributed by atoms with Crippen molar-refractivity contribution >= 4 is 26.6 Å². The van der Waals surface area contributed by atoms with E-state index in [1.807, 2.05) is 0 Å². The van der Waals surface area contributed by atoms with Crippen LogP contribution in [0, 0.1) is 12.3 Å². The second-order valence-electron chi connectivity index (χ2n) is 4.16. The summed E-state index contributed by atoms with van der Waals surface area (Å²) in [5, 5.41) is 10.1. The van der Waals surface area contributed by atoms with Crippen molar-refractivity contribution in [2.75, 3.05) is 6.61 Å². The van der Waals surface area contributed by atoms with Crippen molar-refractivity contribution in [3.05, 3.63) is 34.8 Å². The van der Waals surface area contributed by atoms with Crippen molar-refractivity contribution in [1.82, 2.24) is 0 Å². The Morgan fingerprint density at radius 2 is 1.90 bits per heavy atom. The molecular weight excluding hydrogens is 280 g/mol. The minimum Gasteiger partial charge on any atom is -0.744 e. The lowest BCUT2D eigenvalue weighted by Crippen LogP contribution is -2.07. The zero-order valence-electron chi connectivity index (χ0n) is 11.0. The molecule has 0 saturated carbocycles. The summed E-state index contributed by atoms with van der Waals surface area (Å²) in [7, 11) is -4.76. The highest BCUT2D eigenvalue weighted by Crippen LogP contribution is 2.42. The Bertz CT molecular complexity index is 822. The molecule has 7 heteroatoms. The maximum Gasteiger partial charge on any atom is 0.397 e. The second-order valence-corrected chi connectivity index (χ2v) is 5.48. The van der Waals surface area contributed by atoms with Gasteiger partial charge < -0.3 is 9.29 Å². The van der Waals surface area contributed by atoms with E-state index in [-0.39, 0.29) is 23.6 Å². The molecule has 20 heavy (non-hydrogen) atoms. The molecule has 0 heterocycles. The van der Waals surface area contributed by atoms with Crippen LogP contribution in [0.4, 0.5) is 5.69 Å². The van der Waals surface area contributed by atoms with Gasteiger partial charge in [0.15, 0.2) is 4.98 Å². The van der Waals surface area contributed by atoms with Crippen molar-refractivity contribution < 1.29 is 17.7 Å². The zero-order valence-corrected chi connectivity index (χ0v) is 11.8. The van der Waals surface area contributed by atoms with Crippen LogP contribution in [-0.2, 0) is 10.1 Å². The molecule has 0 aliphatic heterocycles. The van der Waals surface area contributed by atoms with Crippen LogP contribution in [0.5, 0.6) is 5.75 Å². The van der Waals surface area contributed by atoms with Gasteiger partial charge in [0.05, 0.1) is 17.6 Å². The summed E-state index contributed by atoms with van der Waals surface area (Å²) >= 11 is 0. The molecule has 2 aromatic rings. The summed E-state index contributed by atoms with van der Waals surface area (Å²) in [5.74, 6) is 0.00278. The van der Waals surface area contributed by atoms with E-state index in [2.05, 4.69) is 4.98 Å². The first-order valence-corrected chi connectivity index (χ1v) is 7.31. The van der Waals surface area contributed by atoms with Crippen LogP contribution < -0.4 is 4.74 Å². The molecule has 0 saturated heterocycles. The lowest BCUT2D eigenvalue weighted by Gasteiger charge is -2.16. The predicted molar refractivity (Wildman–Crippen MR) is 72.6 cm³/mol. The van der Waals surface area contributed by atoms with Gasteiger partial charge in [0.1, 0.15) is 20.8 Å². The first kappa shape index (κ1) is 14.2. The number of ether oxygens (including phenoxy) is 1. The molecule has 0 N–H and O–H groups in total. The fourth-order valence-electron chi connectivity index (χ4n) is 2.21. The lowest BCUT2D eigenvalue weighted by atomic mass is 10.0. The monoisotopic (exact) mass is 292 g/mol. The SMILES string of the molecule is CCOc1c(S(=O)(=O)[O-])c(C)c([N+]#N)c2ccccc12. The standard InChI is InChI=1S/C13H12N2O4S/c1-3-19-12-10-7-5-4-6-9(10)11(15-14)8(2)13(12)20(16,17)18/h4-7H,3H2,1-2H3. The second kappa shape index (κ2) is 5.07. The number of fused-ring (bicyclic) bond motifs is 1. The summed E-state index contributed by atoms with van der Waals surface area (Å²) in [5.41, 5.74) is 0.128. The number of hydrogen-bond acceptors (Lipinski definition) is 5. The molecule has 2 rings (SSSR count). The van der Waals surface area contributed by atoms with Gasteiger partial charge in [0, 0.05) is 5.39 Å². The van der Waals surface area contributed by atoms with Gasteiger partial charge >= 0.3 is 5.69 Å². The quantitative estimate of drug-likeness (QED) is 0.640. The average molecular weight is 292 g/mol. The van der Waals surface area contributed by atoms with E-state index in [0.29, 0.717) is 10.8 Å². The van der Waals surface area contributed by atoms with Gasteiger partial charge in [0.25, 0.3) is 0 Å². The molecule has 0 unspecified atom stereocenters. The van der Waals surface area contributed by atoms with E-state index in [0.717, 1.165) is 0 Å². The number of benzene rings is 2. The van der Waals surface area contributed by atoms with Crippen molar-refractivity contribution in [2.45, 2.75) is 18.7 Å². The van der Waals surface area contributed by atoms with Gasteiger partial charge in [-0.05, 0) is 19.9 Å². The third-order valence-corrected chi connectivity index (χ3v) is 3.96. The topological polar surface area (TPSA) is 94.6 Å². The predicted octanol–water partition coefficient (Wildman–Crippen LogP) is 2.94. The van der Waals surface area contributed by atoms with Crippen molar-refractivity contribution in [1.29, 1.82) is 5.39 Å². The number of nitrogens with zero attached hydrogens (tertiary/aromatic N) is 2. The summed E-state index contributed by atoms with van der Waals surface area (Å²) < 4.78 is 39.9. The highest BCUT2D eigenvalue weighted by molar-refractivity contribution is 7.86. The van der Waals surface area contributed by atoms with Gasteiger partial charge in [-0.25, -0.2) is 8.42 Å². The Labute approximate surface area is 116 Å². The zero-order chi connectivity index (χ0) is 14.9. The maximum absolute atomic E-state index is 11.5. The Morgan fingerprint density at radius 3 is 2.40 bits per heavy atom. The van der Waals surface area contributed by atoms with Gasteiger partial charge in [-0.1, -0.05) is 18.2 Å². The van der Waals surface area contributed by atoms with E-state index in [1.165, 1.54) is 6.92 Å². The lowest BCUT2D eigenvalue weighted by molar-refractivity contribution is 0.332. The molecule has 0 aliphatic carbocycles. The molecular formula is C13H12N2O4S. The van der Waals surface area contributed by atoms with Crippen molar-refractivity contribution in [3.8, 4) is 5.75 Å². The first-order chi connectivity index (χ1) is 9.41. The minimum atomic E-state index is -4.76. The molecule has 6 nitrogen and oxygen atoms in total. The third-order valence-electron chi connectivity index (χ3n) is 2.97. The Morgan fingerprint density at radius 1 is 1.30 bits per heavy atom. The Kier molecular flexibility index (Phi) is 3.61. The molecule has 0 aromatic heterocycles. The molecule has 0 amide bonds. The highest BCUT2D eigenvalue weighted by Gasteiger charge is 2.28. The van der Waals surface area contributed by atoms with Crippen LogP contribution >= 0.6 is 0 Å². The number of hydrogen-bond donors (Lipinski definition) is 0. The van der Waals surface area contributed by atoms with Crippen molar-refractivity contribution in [3.63, 3.8) is 0 Å². The van der Waals surface area contributed by atoms with Crippen molar-refractivity contribution in [2.24, 2.45) is 0 Å². The largest absolute Gasteiger partial charge is 0.744 e. The Hall–Kier alpha value is -2.17. The fourth-order valence-corrected chi connectivity index (χ4v) is 3.07. The summed E-state index contributed by atoms with van der Waals surface area (Å²) in [6.45, 7) is 3.31. The molecule has 104 valence electrons. The summed E-state index contributed by atoms with van der Waals surface area (Å²) in [4.78, 5) is 2.63. The van der Waals surface area contributed by atoms with Crippen LogP contribution in [0.1, 0.15) is 12.5 Å². The van der Waals surface area contributed by atoms with Gasteiger partial charge in [-0.2, -0.15) is 0 Å². The summed E-state index contributed by atoms with van der Waals surface area (Å²) in [6, 6.07) is 6.68. The molecule has 0 radical (unpaired) electrons. The van der Waals surface area contributed by atoms with Crippen LogP contribution in [0.15, 0.2) is 29.2 Å². The number of diazo groups is 1. The fraction of sp³-hybridized carbons (Fsp3) is 0.231. The molecule has 0 fully saturated rings. The smallest absolute Gasteiger partial charge is 0.397 e. The van der Waals surface area contributed by atoms with Crippen LogP contribution in [-0.4, -0.2) is 19.6 Å². The highest BCUT2D eigenvalue weighted by atomic mass is 32.2. The van der Waals surface area contributed by atoms with E-state index >= 15 is 0 Å². The minimum absolute atomic E-state index is 0.00278. The van der Waals surface area contributed by atoms with Gasteiger partial charge in [-0.3, -0.25) is 0 Å². The van der Waals surface area contributed by atoms with E-state index in [4.69, 9.17) is 10.1 Å². The summed E-state index contributed by atoms with van der Waals surface area (Å²) in [6.07, 6.45) is 0. The third kappa shape index (κ3) is 2.19. The Balaban J connectivity index is 3.09. The molecule has 0 bridgehead atoms. The van der Waals surface area contributed by atoms with Crippen LogP contribution in [0.3, 0.4) is 0 Å². The molecule has 0 atom stereocenters. The van der Waals surface area contributed by atoms with Crippen LogP contribution in [0.2, 0.25) is 0 Å². The van der Waals surface area contributed by atoms with E-state index in [9.17, 15) is 13.0 Å². The normalized spacial score (nSPS) is 11.3. The van der Waals surface area contributed by atoms with Gasteiger partial charge in [0.2, 0.25) is 5.39 Å². The van der Waals surface area contributed by atoms with E-state index in [1.54, 1.807) is 31.2 Å². The van der Waals surface area contributed by atoms with Crippen LogP contribution in [0.25, 0.3) is 15.7 Å². The maximum atomic E-state index is 11.5. The number of rotatable bonds is 3. The molecule has 0 aliphatic rings. The first-order valence-electron chi connectivity index (χ1n) is 5.90.